The number of benzene rings is 1. The SMILES string of the molecule is CCC(c1ccccc1)C(NC(=O)C(F)(F)F)C(=O)O. The molecular formula is C13H14F3NO3. The van der Waals surface area contributed by atoms with Crippen LogP contribution in [0.1, 0.15) is 24.8 Å². The molecule has 0 bridgehead atoms. The number of carbonyl (C=O) groups is 2. The van der Waals surface area contributed by atoms with Crippen molar-refractivity contribution in [1.29, 1.82) is 0 Å². The number of aliphatic carboxylic acids is 1. The lowest BCUT2D eigenvalue weighted by Gasteiger charge is -2.24. The maximum Gasteiger partial charge on any atom is 0.471 e. The lowest BCUT2D eigenvalue weighted by molar-refractivity contribution is -0.175. The maximum atomic E-state index is 12.2. The molecule has 4 nitrogen and oxygen atoms in total. The average molecular weight is 289 g/mol. The van der Waals surface area contributed by atoms with Crippen molar-refractivity contribution in [3.63, 3.8) is 0 Å². The third kappa shape index (κ3) is 3.97. The van der Waals surface area contributed by atoms with E-state index in [0.29, 0.717) is 5.56 Å². The van der Waals surface area contributed by atoms with Crippen molar-refractivity contribution in [2.24, 2.45) is 0 Å². The van der Waals surface area contributed by atoms with Gasteiger partial charge < -0.3 is 10.4 Å². The molecule has 2 N–H and O–H groups in total. The molecule has 0 aliphatic carbocycles. The Balaban J connectivity index is 3.00. The van der Waals surface area contributed by atoms with E-state index in [-0.39, 0.29) is 6.42 Å². The molecule has 0 saturated carbocycles. The number of hydrogen-bond donors (Lipinski definition) is 2. The summed E-state index contributed by atoms with van der Waals surface area (Å²) in [5.41, 5.74) is 0.560. The van der Waals surface area contributed by atoms with Crippen LogP contribution in [0.25, 0.3) is 0 Å². The topological polar surface area (TPSA) is 66.4 Å². The van der Waals surface area contributed by atoms with E-state index in [1.807, 2.05) is 0 Å². The summed E-state index contributed by atoms with van der Waals surface area (Å²) in [6, 6.07) is 6.62. The van der Waals surface area contributed by atoms with Crippen LogP contribution < -0.4 is 5.32 Å². The highest BCUT2D eigenvalue weighted by Crippen LogP contribution is 2.25. The number of alkyl halides is 3. The van der Waals surface area contributed by atoms with Crippen LogP contribution in [0.3, 0.4) is 0 Å². The number of carbonyl (C=O) groups excluding carboxylic acids is 1. The van der Waals surface area contributed by atoms with Crippen LogP contribution in [-0.2, 0) is 9.59 Å². The molecule has 110 valence electrons. The Morgan fingerprint density at radius 1 is 1.25 bits per heavy atom. The van der Waals surface area contributed by atoms with Crippen molar-refractivity contribution in [3.05, 3.63) is 35.9 Å². The molecule has 1 rings (SSSR count). The predicted molar refractivity (Wildman–Crippen MR) is 65.1 cm³/mol. The molecular weight excluding hydrogens is 275 g/mol. The van der Waals surface area contributed by atoms with E-state index >= 15 is 0 Å². The number of carboxylic acids is 1. The summed E-state index contributed by atoms with van der Waals surface area (Å²) in [7, 11) is 0. The first-order valence-corrected chi connectivity index (χ1v) is 5.92. The van der Waals surface area contributed by atoms with Crippen molar-refractivity contribution in [1.82, 2.24) is 5.32 Å². The second kappa shape index (κ2) is 6.40. The van der Waals surface area contributed by atoms with Crippen molar-refractivity contribution >= 4 is 11.9 Å². The zero-order valence-electron chi connectivity index (χ0n) is 10.6. The summed E-state index contributed by atoms with van der Waals surface area (Å²) in [4.78, 5) is 22.1. The minimum atomic E-state index is -5.11. The van der Waals surface area contributed by atoms with Crippen LogP contribution >= 0.6 is 0 Å². The summed E-state index contributed by atoms with van der Waals surface area (Å²) in [6.07, 6.45) is -4.83. The Hall–Kier alpha value is -2.05. The highest BCUT2D eigenvalue weighted by Gasteiger charge is 2.42. The van der Waals surface area contributed by atoms with Gasteiger partial charge in [0, 0.05) is 5.92 Å². The van der Waals surface area contributed by atoms with E-state index in [0.717, 1.165) is 0 Å². The molecule has 20 heavy (non-hydrogen) atoms. The molecule has 0 saturated heterocycles. The second-order valence-corrected chi connectivity index (χ2v) is 4.21. The van der Waals surface area contributed by atoms with Gasteiger partial charge in [-0.05, 0) is 12.0 Å². The molecule has 0 radical (unpaired) electrons. The van der Waals surface area contributed by atoms with Crippen molar-refractivity contribution in [2.45, 2.75) is 31.5 Å². The number of carboxylic acid groups (broad SMARTS) is 1. The van der Waals surface area contributed by atoms with Crippen molar-refractivity contribution in [2.75, 3.05) is 0 Å². The normalized spacial score (nSPS) is 14.4. The van der Waals surface area contributed by atoms with Gasteiger partial charge in [-0.15, -0.1) is 0 Å². The summed E-state index contributed by atoms with van der Waals surface area (Å²) >= 11 is 0. The van der Waals surface area contributed by atoms with Crippen LogP contribution in [-0.4, -0.2) is 29.2 Å². The summed E-state index contributed by atoms with van der Waals surface area (Å²) in [6.45, 7) is 1.65. The van der Waals surface area contributed by atoms with Crippen molar-refractivity contribution in [3.8, 4) is 0 Å². The lowest BCUT2D eigenvalue weighted by Crippen LogP contribution is -2.49. The minimum Gasteiger partial charge on any atom is -0.480 e. The van der Waals surface area contributed by atoms with E-state index < -0.39 is 30.0 Å². The van der Waals surface area contributed by atoms with Gasteiger partial charge in [0.05, 0.1) is 0 Å². The van der Waals surface area contributed by atoms with E-state index in [1.165, 1.54) is 0 Å². The van der Waals surface area contributed by atoms with Crippen LogP contribution in [0.5, 0.6) is 0 Å². The molecule has 0 heterocycles. The molecule has 2 atom stereocenters. The third-order valence-corrected chi connectivity index (χ3v) is 2.88. The summed E-state index contributed by atoms with van der Waals surface area (Å²) in [5, 5.41) is 10.6. The molecule has 1 amide bonds. The van der Waals surface area contributed by atoms with Crippen molar-refractivity contribution < 1.29 is 27.9 Å². The largest absolute Gasteiger partial charge is 0.480 e. The number of hydrogen-bond acceptors (Lipinski definition) is 2. The van der Waals surface area contributed by atoms with E-state index in [1.54, 1.807) is 42.6 Å². The fourth-order valence-corrected chi connectivity index (χ4v) is 1.92. The molecule has 0 fully saturated rings. The Kier molecular flexibility index (Phi) is 5.12. The first kappa shape index (κ1) is 16.0. The fourth-order valence-electron chi connectivity index (χ4n) is 1.92. The summed E-state index contributed by atoms with van der Waals surface area (Å²) in [5.74, 6) is -4.49. The highest BCUT2D eigenvalue weighted by molar-refractivity contribution is 5.87. The molecule has 0 spiro atoms. The van der Waals surface area contributed by atoms with Gasteiger partial charge in [-0.25, -0.2) is 4.79 Å². The zero-order valence-corrected chi connectivity index (χ0v) is 10.6. The van der Waals surface area contributed by atoms with Crippen LogP contribution in [0.2, 0.25) is 0 Å². The standard InChI is InChI=1S/C13H14F3NO3/c1-2-9(8-6-4-3-5-7-8)10(11(18)19)17-12(20)13(14,15)16/h3-7,9-10H,2H2,1H3,(H,17,20)(H,18,19). The summed E-state index contributed by atoms with van der Waals surface area (Å²) < 4.78 is 36.7. The predicted octanol–water partition coefficient (Wildman–Crippen LogP) is 2.31. The van der Waals surface area contributed by atoms with E-state index in [9.17, 15) is 22.8 Å². The third-order valence-electron chi connectivity index (χ3n) is 2.88. The van der Waals surface area contributed by atoms with Crippen LogP contribution in [0.4, 0.5) is 13.2 Å². The molecule has 1 aromatic rings. The molecule has 0 aliphatic heterocycles. The molecule has 0 aromatic heterocycles. The van der Waals surface area contributed by atoms with Gasteiger partial charge in [0.2, 0.25) is 0 Å². The number of halogens is 3. The van der Waals surface area contributed by atoms with Crippen LogP contribution in [0.15, 0.2) is 30.3 Å². The second-order valence-electron chi connectivity index (χ2n) is 4.21. The van der Waals surface area contributed by atoms with E-state index in [2.05, 4.69) is 0 Å². The van der Waals surface area contributed by atoms with Gasteiger partial charge >= 0.3 is 18.1 Å². The number of rotatable bonds is 5. The minimum absolute atomic E-state index is 0.277. The number of amides is 1. The Morgan fingerprint density at radius 2 is 1.80 bits per heavy atom. The highest BCUT2D eigenvalue weighted by atomic mass is 19.4. The monoisotopic (exact) mass is 289 g/mol. The molecule has 7 heteroatoms. The first-order valence-electron chi connectivity index (χ1n) is 5.92. The zero-order chi connectivity index (χ0) is 15.3. The Labute approximate surface area is 113 Å². The molecule has 0 aliphatic rings. The average Bonchev–Trinajstić information content (AvgIpc) is 2.38. The lowest BCUT2D eigenvalue weighted by atomic mass is 9.89. The maximum absolute atomic E-state index is 12.2. The van der Waals surface area contributed by atoms with E-state index in [4.69, 9.17) is 5.11 Å². The van der Waals surface area contributed by atoms with Gasteiger partial charge in [-0.1, -0.05) is 37.3 Å². The van der Waals surface area contributed by atoms with Gasteiger partial charge in [0.1, 0.15) is 6.04 Å². The number of nitrogens with one attached hydrogen (secondary N) is 1. The van der Waals surface area contributed by atoms with Crippen LogP contribution in [0, 0.1) is 0 Å². The first-order chi connectivity index (χ1) is 9.27. The molecule has 1 aromatic carbocycles. The quantitative estimate of drug-likeness (QED) is 0.874. The van der Waals surface area contributed by atoms with Gasteiger partial charge in [0.25, 0.3) is 0 Å². The smallest absolute Gasteiger partial charge is 0.471 e. The van der Waals surface area contributed by atoms with Gasteiger partial charge in [-0.3, -0.25) is 4.79 Å². The fraction of sp³-hybridized carbons (Fsp3) is 0.385. The molecule has 2 unspecified atom stereocenters. The Bertz CT molecular complexity index is 473. The Morgan fingerprint density at radius 3 is 2.20 bits per heavy atom. The van der Waals surface area contributed by atoms with Gasteiger partial charge in [0.15, 0.2) is 0 Å². The van der Waals surface area contributed by atoms with Gasteiger partial charge in [-0.2, -0.15) is 13.2 Å².